The van der Waals surface area contributed by atoms with E-state index in [4.69, 9.17) is 4.74 Å². The molecule has 1 N–H and O–H groups in total. The van der Waals surface area contributed by atoms with Crippen molar-refractivity contribution in [1.82, 2.24) is 5.32 Å². The fourth-order valence-electron chi connectivity index (χ4n) is 0.860. The van der Waals surface area contributed by atoms with E-state index in [2.05, 4.69) is 5.32 Å². The lowest BCUT2D eigenvalue weighted by molar-refractivity contribution is -0.0327. The Morgan fingerprint density at radius 2 is 1.93 bits per heavy atom. The van der Waals surface area contributed by atoms with Crippen LogP contribution in [0.2, 0.25) is 0 Å². The number of hydrogen-bond donors (Lipinski definition) is 1. The minimum absolute atomic E-state index is 0.0147. The van der Waals surface area contributed by atoms with Gasteiger partial charge in [-0.2, -0.15) is 13.2 Å². The molecule has 0 amide bonds. The maximum absolute atomic E-state index is 11.7. The van der Waals surface area contributed by atoms with Crippen LogP contribution < -0.4 is 5.32 Å². The quantitative estimate of drug-likeness (QED) is 0.647. The molecule has 0 radical (unpaired) electrons. The summed E-state index contributed by atoms with van der Waals surface area (Å²) in [5.74, 6) is 0.0772. The Balaban J connectivity index is 2.99. The van der Waals surface area contributed by atoms with Gasteiger partial charge in [-0.1, -0.05) is 0 Å². The van der Waals surface area contributed by atoms with Gasteiger partial charge >= 0.3 is 5.51 Å². The maximum atomic E-state index is 11.7. The average molecular weight is 231 g/mol. The molecule has 0 bridgehead atoms. The second-order valence-corrected chi connectivity index (χ2v) is 3.90. The molecule has 0 fully saturated rings. The summed E-state index contributed by atoms with van der Waals surface area (Å²) in [5.41, 5.74) is -4.10. The second kappa shape index (κ2) is 8.38. The number of rotatable bonds is 8. The van der Waals surface area contributed by atoms with E-state index in [0.717, 1.165) is 19.4 Å². The Bertz CT molecular complexity index is 132. The van der Waals surface area contributed by atoms with Gasteiger partial charge in [-0.25, -0.2) is 0 Å². The van der Waals surface area contributed by atoms with E-state index in [1.54, 1.807) is 7.11 Å². The molecular formula is C8H16F3NOS. The van der Waals surface area contributed by atoms with Crippen LogP contribution in [0.25, 0.3) is 0 Å². The van der Waals surface area contributed by atoms with E-state index in [1.807, 2.05) is 0 Å². The van der Waals surface area contributed by atoms with Crippen molar-refractivity contribution in [2.45, 2.75) is 18.3 Å². The van der Waals surface area contributed by atoms with Gasteiger partial charge in [0.2, 0.25) is 0 Å². The van der Waals surface area contributed by atoms with Crippen molar-refractivity contribution in [3.8, 4) is 0 Å². The van der Waals surface area contributed by atoms with Gasteiger partial charge < -0.3 is 10.1 Å². The van der Waals surface area contributed by atoms with Gasteiger partial charge in [-0.15, -0.1) is 0 Å². The molecule has 0 unspecified atom stereocenters. The normalized spacial score (nSPS) is 12.0. The summed E-state index contributed by atoms with van der Waals surface area (Å²) in [4.78, 5) is 0. The molecule has 0 aromatic heterocycles. The van der Waals surface area contributed by atoms with Crippen molar-refractivity contribution in [1.29, 1.82) is 0 Å². The van der Waals surface area contributed by atoms with E-state index in [-0.39, 0.29) is 17.5 Å². The summed E-state index contributed by atoms with van der Waals surface area (Å²) in [7, 11) is 1.63. The van der Waals surface area contributed by atoms with Crippen molar-refractivity contribution in [2.24, 2.45) is 0 Å². The highest BCUT2D eigenvalue weighted by molar-refractivity contribution is 8.00. The maximum Gasteiger partial charge on any atom is 0.441 e. The van der Waals surface area contributed by atoms with Gasteiger partial charge in [0, 0.05) is 26.0 Å². The number of methoxy groups -OCH3 is 1. The van der Waals surface area contributed by atoms with Crippen molar-refractivity contribution in [3.63, 3.8) is 0 Å². The van der Waals surface area contributed by atoms with Crippen molar-refractivity contribution in [2.75, 3.05) is 32.6 Å². The molecule has 0 atom stereocenters. The highest BCUT2D eigenvalue weighted by Crippen LogP contribution is 2.29. The fraction of sp³-hybridized carbons (Fsp3) is 1.00. The number of hydrogen-bond acceptors (Lipinski definition) is 3. The Morgan fingerprint density at radius 1 is 1.21 bits per heavy atom. The predicted molar refractivity (Wildman–Crippen MR) is 52.5 cm³/mol. The predicted octanol–water partition coefficient (Wildman–Crippen LogP) is 2.26. The van der Waals surface area contributed by atoms with Gasteiger partial charge in [0.1, 0.15) is 0 Å². The van der Waals surface area contributed by atoms with E-state index in [1.165, 1.54) is 0 Å². The molecular weight excluding hydrogens is 215 g/mol. The van der Waals surface area contributed by atoms with Crippen LogP contribution in [0.15, 0.2) is 0 Å². The summed E-state index contributed by atoms with van der Waals surface area (Å²) in [6, 6.07) is 0. The van der Waals surface area contributed by atoms with E-state index in [9.17, 15) is 13.2 Å². The summed E-state index contributed by atoms with van der Waals surface area (Å²) in [6.45, 7) is 1.86. The first-order chi connectivity index (χ1) is 6.56. The zero-order valence-electron chi connectivity index (χ0n) is 8.19. The first kappa shape index (κ1) is 14.1. The molecule has 0 aliphatic carbocycles. The van der Waals surface area contributed by atoms with Gasteiger partial charge in [0.15, 0.2) is 0 Å². The molecule has 0 rings (SSSR count). The SMILES string of the molecule is COCCCCNCCSC(F)(F)F. The molecule has 0 aliphatic heterocycles. The molecule has 0 aliphatic rings. The number of unbranched alkanes of at least 4 members (excludes halogenated alkanes) is 1. The van der Waals surface area contributed by atoms with E-state index >= 15 is 0 Å². The van der Waals surface area contributed by atoms with Crippen LogP contribution in [0.4, 0.5) is 13.2 Å². The van der Waals surface area contributed by atoms with Crippen LogP contribution in [-0.4, -0.2) is 38.1 Å². The van der Waals surface area contributed by atoms with Gasteiger partial charge in [-0.05, 0) is 31.1 Å². The monoisotopic (exact) mass is 231 g/mol. The van der Waals surface area contributed by atoms with Gasteiger partial charge in [0.25, 0.3) is 0 Å². The molecule has 0 aromatic carbocycles. The summed E-state index contributed by atoms with van der Waals surface area (Å²) >= 11 is 0.0147. The van der Waals surface area contributed by atoms with E-state index in [0.29, 0.717) is 13.2 Å². The van der Waals surface area contributed by atoms with Gasteiger partial charge in [0.05, 0.1) is 0 Å². The molecule has 2 nitrogen and oxygen atoms in total. The lowest BCUT2D eigenvalue weighted by atomic mass is 10.3. The minimum atomic E-state index is -4.10. The van der Waals surface area contributed by atoms with Crippen LogP contribution >= 0.6 is 11.8 Å². The zero-order valence-corrected chi connectivity index (χ0v) is 9.01. The molecule has 0 saturated heterocycles. The number of alkyl halides is 3. The van der Waals surface area contributed by atoms with Crippen LogP contribution in [0.5, 0.6) is 0 Å². The van der Waals surface area contributed by atoms with Gasteiger partial charge in [-0.3, -0.25) is 0 Å². The molecule has 6 heteroatoms. The Hall–Kier alpha value is 0.0600. The molecule has 0 saturated carbocycles. The summed E-state index contributed by atoms with van der Waals surface area (Å²) in [6.07, 6.45) is 1.88. The first-order valence-electron chi connectivity index (χ1n) is 4.46. The number of nitrogens with one attached hydrogen (secondary N) is 1. The number of ether oxygens (including phenoxy) is 1. The summed E-state index contributed by atoms with van der Waals surface area (Å²) in [5, 5.41) is 2.94. The largest absolute Gasteiger partial charge is 0.441 e. The van der Waals surface area contributed by atoms with Crippen LogP contribution in [0, 0.1) is 0 Å². The van der Waals surface area contributed by atoms with Crippen LogP contribution in [0.3, 0.4) is 0 Å². The topological polar surface area (TPSA) is 21.3 Å². The van der Waals surface area contributed by atoms with Crippen molar-refractivity contribution >= 4 is 11.8 Å². The number of thioether (sulfide) groups is 1. The highest BCUT2D eigenvalue weighted by Gasteiger charge is 2.27. The third kappa shape index (κ3) is 12.1. The van der Waals surface area contributed by atoms with Crippen molar-refractivity contribution < 1.29 is 17.9 Å². The third-order valence-corrected chi connectivity index (χ3v) is 2.23. The average Bonchev–Trinajstić information content (AvgIpc) is 2.08. The molecule has 0 aromatic rings. The van der Waals surface area contributed by atoms with Crippen LogP contribution in [-0.2, 0) is 4.74 Å². The molecule has 86 valence electrons. The highest BCUT2D eigenvalue weighted by atomic mass is 32.2. The Labute approximate surface area is 86.6 Å². The second-order valence-electron chi connectivity index (χ2n) is 2.74. The lowest BCUT2D eigenvalue weighted by Gasteiger charge is -2.06. The van der Waals surface area contributed by atoms with Crippen molar-refractivity contribution in [3.05, 3.63) is 0 Å². The molecule has 14 heavy (non-hydrogen) atoms. The first-order valence-corrected chi connectivity index (χ1v) is 5.45. The lowest BCUT2D eigenvalue weighted by Crippen LogP contribution is -2.20. The standard InChI is InChI=1S/C8H16F3NOS/c1-13-6-3-2-4-12-5-7-14-8(9,10)11/h12H,2-7H2,1H3. The fourth-order valence-corrected chi connectivity index (χ4v) is 1.34. The summed E-state index contributed by atoms with van der Waals surface area (Å²) < 4.78 is 39.8. The Kier molecular flexibility index (Phi) is 8.41. The molecule has 0 spiro atoms. The smallest absolute Gasteiger partial charge is 0.385 e. The third-order valence-electron chi connectivity index (χ3n) is 1.50. The molecule has 0 heterocycles. The number of halogens is 3. The zero-order chi connectivity index (χ0) is 10.9. The van der Waals surface area contributed by atoms with Crippen LogP contribution in [0.1, 0.15) is 12.8 Å². The van der Waals surface area contributed by atoms with E-state index < -0.39 is 5.51 Å². The minimum Gasteiger partial charge on any atom is -0.385 e. The Morgan fingerprint density at radius 3 is 2.50 bits per heavy atom.